The minimum atomic E-state index is -0.281. The maximum atomic E-state index is 6.32. The zero-order chi connectivity index (χ0) is 21.3. The second-order valence-corrected chi connectivity index (χ2v) is 10.2. The van der Waals surface area contributed by atoms with Crippen LogP contribution in [0.1, 0.15) is 52.7 Å². The van der Waals surface area contributed by atoms with E-state index in [1.54, 1.807) is 0 Å². The van der Waals surface area contributed by atoms with Crippen molar-refractivity contribution in [3.8, 4) is 22.3 Å². The molecule has 1 fully saturated rings. The lowest BCUT2D eigenvalue weighted by molar-refractivity contribution is -0.0705. The van der Waals surface area contributed by atoms with Gasteiger partial charge in [0.15, 0.2) is 5.60 Å². The van der Waals surface area contributed by atoms with Crippen molar-refractivity contribution < 1.29 is 9.31 Å². The first kappa shape index (κ1) is 19.6. The van der Waals surface area contributed by atoms with Gasteiger partial charge in [-0.2, -0.15) is 0 Å². The third-order valence-corrected chi connectivity index (χ3v) is 7.41. The van der Waals surface area contributed by atoms with Crippen LogP contribution in [0.4, 0.5) is 0 Å². The highest BCUT2D eigenvalue weighted by atomic mass is 16.7. The summed E-state index contributed by atoms with van der Waals surface area (Å²) in [6, 6.07) is 24.4. The zero-order valence-corrected chi connectivity index (χ0v) is 18.8. The Hall–Kier alpha value is -2.36. The maximum absolute atomic E-state index is 6.32. The molecule has 5 rings (SSSR count). The molecule has 3 heteroatoms. The van der Waals surface area contributed by atoms with Gasteiger partial charge in [0.05, 0.1) is 5.46 Å². The summed E-state index contributed by atoms with van der Waals surface area (Å²) in [5, 5.41) is 0. The van der Waals surface area contributed by atoms with Crippen molar-refractivity contribution >= 4 is 12.6 Å². The van der Waals surface area contributed by atoms with Gasteiger partial charge in [-0.15, -0.1) is 0 Å². The van der Waals surface area contributed by atoms with E-state index in [0.29, 0.717) is 0 Å². The average molecular weight is 397 g/mol. The molecule has 1 heterocycles. The van der Waals surface area contributed by atoms with Crippen molar-refractivity contribution in [2.45, 2.75) is 58.2 Å². The monoisotopic (exact) mass is 397 g/mol. The lowest BCUT2D eigenvalue weighted by Crippen LogP contribution is -2.43. The Kier molecular flexibility index (Phi) is 4.13. The van der Waals surface area contributed by atoms with Crippen LogP contribution in [0.5, 0.6) is 0 Å². The minimum absolute atomic E-state index is 0.0114. The first-order chi connectivity index (χ1) is 14.1. The summed E-state index contributed by atoms with van der Waals surface area (Å²) in [5.41, 5.74) is 8.62. The van der Waals surface area contributed by atoms with E-state index in [0.717, 1.165) is 5.46 Å². The molecule has 0 saturated carbocycles. The molecule has 1 aliphatic carbocycles. The Morgan fingerprint density at radius 2 is 1.40 bits per heavy atom. The third-order valence-electron chi connectivity index (χ3n) is 7.41. The van der Waals surface area contributed by atoms with Gasteiger partial charge < -0.3 is 9.31 Å². The summed E-state index contributed by atoms with van der Waals surface area (Å²) in [7, 11) is -0.218. The summed E-state index contributed by atoms with van der Waals surface area (Å²) >= 11 is 0. The molecule has 0 atom stereocenters. The zero-order valence-electron chi connectivity index (χ0n) is 18.8. The van der Waals surface area contributed by atoms with E-state index in [-0.39, 0.29) is 23.7 Å². The molecule has 3 aromatic rings. The number of aliphatic hydroxyl groups is 1. The van der Waals surface area contributed by atoms with Gasteiger partial charge in [-0.3, -0.25) is 0 Å². The van der Waals surface area contributed by atoms with Crippen LogP contribution in [0.15, 0.2) is 66.7 Å². The van der Waals surface area contributed by atoms with Gasteiger partial charge >= 0.3 is 7.12 Å². The highest BCUT2D eigenvalue weighted by Gasteiger charge is 2.59. The molecule has 0 spiro atoms. The molecular weight excluding hydrogens is 367 g/mol. The van der Waals surface area contributed by atoms with E-state index >= 15 is 0 Å². The van der Waals surface area contributed by atoms with E-state index in [2.05, 4.69) is 108 Å². The summed E-state index contributed by atoms with van der Waals surface area (Å²) in [5.74, 6) is 0. The first-order valence-corrected chi connectivity index (χ1v) is 10.8. The Morgan fingerprint density at radius 1 is 0.700 bits per heavy atom. The van der Waals surface area contributed by atoms with E-state index in [1.807, 2.05) is 0 Å². The average Bonchev–Trinajstić information content (AvgIpc) is 3.08. The van der Waals surface area contributed by atoms with Crippen LogP contribution in [0.25, 0.3) is 22.3 Å². The maximum Gasteiger partial charge on any atom is 0.732 e. The summed E-state index contributed by atoms with van der Waals surface area (Å²) in [4.78, 5) is 0. The Morgan fingerprint density at radius 3 is 2.13 bits per heavy atom. The SMILES string of the molecule is CC1(C)c2ccccc2-c2ccc(-c3cccc(B4OC(C)(C)C(C)(C)[OH+]4)c3)cc21. The second-order valence-electron chi connectivity index (χ2n) is 10.2. The highest BCUT2D eigenvalue weighted by molar-refractivity contribution is 6.61. The van der Waals surface area contributed by atoms with Crippen molar-refractivity contribution in [1.82, 2.24) is 0 Å². The molecule has 1 N–H and O–H groups in total. The van der Waals surface area contributed by atoms with Crippen molar-refractivity contribution in [2.75, 3.05) is 0 Å². The molecule has 0 amide bonds. The van der Waals surface area contributed by atoms with E-state index in [1.165, 1.54) is 33.4 Å². The van der Waals surface area contributed by atoms with Crippen molar-refractivity contribution in [3.63, 3.8) is 0 Å². The van der Waals surface area contributed by atoms with Crippen molar-refractivity contribution in [3.05, 3.63) is 77.9 Å². The molecule has 1 saturated heterocycles. The lowest BCUT2D eigenvalue weighted by Gasteiger charge is -2.28. The van der Waals surface area contributed by atoms with Crippen molar-refractivity contribution in [2.24, 2.45) is 0 Å². The third kappa shape index (κ3) is 2.80. The predicted molar refractivity (Wildman–Crippen MR) is 126 cm³/mol. The number of fused-ring (bicyclic) bond motifs is 3. The Labute approximate surface area is 180 Å². The van der Waals surface area contributed by atoms with Gasteiger partial charge in [0.25, 0.3) is 0 Å². The van der Waals surface area contributed by atoms with Gasteiger partial charge in [-0.1, -0.05) is 68.4 Å². The van der Waals surface area contributed by atoms with Crippen LogP contribution in [-0.4, -0.2) is 23.0 Å². The van der Waals surface area contributed by atoms with Gasteiger partial charge in [0.1, 0.15) is 5.60 Å². The van der Waals surface area contributed by atoms with Gasteiger partial charge in [-0.25, -0.2) is 0 Å². The molecule has 0 radical (unpaired) electrons. The molecule has 0 bridgehead atoms. The first-order valence-electron chi connectivity index (χ1n) is 10.8. The standard InChI is InChI=1S/C27H29BO2/c1-25(2)23-13-8-7-12-21(23)22-15-14-19(17-24(22)25)18-10-9-11-20(16-18)28-29-26(3,4)27(5,6)30-28/h7-17H,1-6H3/p+1. The number of hydrogen-bond donors (Lipinski definition) is 0. The number of rotatable bonds is 2. The topological polar surface area (TPSA) is 22.0 Å². The largest absolute Gasteiger partial charge is 0.732 e. The smallest absolute Gasteiger partial charge is 0.505 e. The molecule has 0 unspecified atom stereocenters. The fourth-order valence-electron chi connectivity index (χ4n) is 4.80. The summed E-state index contributed by atoms with van der Waals surface area (Å²) in [6.07, 6.45) is 0. The van der Waals surface area contributed by atoms with Crippen LogP contribution < -0.4 is 5.46 Å². The second kappa shape index (κ2) is 6.32. The molecule has 2 aliphatic rings. The normalized spacial score (nSPS) is 20.1. The molecule has 2 nitrogen and oxygen atoms in total. The van der Waals surface area contributed by atoms with E-state index in [9.17, 15) is 0 Å². The highest BCUT2D eigenvalue weighted by Crippen LogP contribution is 2.49. The summed E-state index contributed by atoms with van der Waals surface area (Å²) < 4.78 is 11.3. The van der Waals surface area contributed by atoms with E-state index < -0.39 is 0 Å². The van der Waals surface area contributed by atoms with Crippen LogP contribution in [0.3, 0.4) is 0 Å². The fourth-order valence-corrected chi connectivity index (χ4v) is 4.80. The van der Waals surface area contributed by atoms with E-state index in [4.69, 9.17) is 9.31 Å². The fraction of sp³-hybridized carbons (Fsp3) is 0.333. The predicted octanol–water partition coefficient (Wildman–Crippen LogP) is 5.47. The van der Waals surface area contributed by atoms with Crippen LogP contribution in [-0.2, 0) is 10.1 Å². The Balaban J connectivity index is 1.53. The molecule has 3 aromatic carbocycles. The van der Waals surface area contributed by atoms with Gasteiger partial charge in [-0.05, 0) is 59.4 Å². The van der Waals surface area contributed by atoms with Crippen molar-refractivity contribution in [1.29, 1.82) is 0 Å². The number of benzene rings is 3. The number of hydrogen-bond acceptors (Lipinski definition) is 1. The van der Waals surface area contributed by atoms with Crippen LogP contribution >= 0.6 is 0 Å². The quantitative estimate of drug-likeness (QED) is 0.415. The van der Waals surface area contributed by atoms with Crippen LogP contribution in [0, 0.1) is 0 Å². The molecule has 30 heavy (non-hydrogen) atoms. The lowest BCUT2D eigenvalue weighted by atomic mass is 9.77. The molecule has 1 aliphatic heterocycles. The molecule has 0 aromatic heterocycles. The molecule has 152 valence electrons. The summed E-state index contributed by atoms with van der Waals surface area (Å²) in [6.45, 7) is 13.2. The Bertz CT molecular complexity index is 1130. The van der Waals surface area contributed by atoms with Gasteiger partial charge in [0, 0.05) is 19.3 Å². The van der Waals surface area contributed by atoms with Gasteiger partial charge in [0.2, 0.25) is 0 Å². The molecular formula is C27H30BO2+. The minimum Gasteiger partial charge on any atom is -0.505 e. The van der Waals surface area contributed by atoms with Crippen LogP contribution in [0.2, 0.25) is 0 Å².